The number of methoxy groups -OCH3 is 1. The van der Waals surface area contributed by atoms with Crippen molar-refractivity contribution in [2.45, 2.75) is 19.8 Å². The van der Waals surface area contributed by atoms with Crippen molar-refractivity contribution >= 4 is 17.6 Å². The smallest absolute Gasteiger partial charge is 0.324 e. The Morgan fingerprint density at radius 3 is 2.65 bits per heavy atom. The van der Waals surface area contributed by atoms with E-state index in [2.05, 4.69) is 10.1 Å². The van der Waals surface area contributed by atoms with E-state index in [0.29, 0.717) is 30.6 Å². The van der Waals surface area contributed by atoms with Gasteiger partial charge in [0.05, 0.1) is 13.0 Å². The van der Waals surface area contributed by atoms with Crippen LogP contribution in [0.15, 0.2) is 53.1 Å². The topological polar surface area (TPSA) is 71.7 Å². The number of amides is 1. The standard InChI is InChI=1S/C23H25FN4O3/c1-3-28(19-10-8-18(24)9-11-19)22(29)17-5-4-14-27(15-17)23-25-21(26-31-23)16-6-12-20(30-2)13-7-16/h6-13,17H,3-5,14-15H2,1-2H3. The highest BCUT2D eigenvalue weighted by atomic mass is 19.1. The molecule has 1 aromatic heterocycles. The highest BCUT2D eigenvalue weighted by Gasteiger charge is 2.31. The van der Waals surface area contributed by atoms with Crippen LogP contribution < -0.4 is 14.5 Å². The average molecular weight is 424 g/mol. The highest BCUT2D eigenvalue weighted by molar-refractivity contribution is 5.95. The Morgan fingerprint density at radius 1 is 1.23 bits per heavy atom. The number of piperidine rings is 1. The Kier molecular flexibility index (Phi) is 6.16. The van der Waals surface area contributed by atoms with Gasteiger partial charge in [0.2, 0.25) is 11.7 Å². The lowest BCUT2D eigenvalue weighted by atomic mass is 9.96. The molecule has 0 radical (unpaired) electrons. The fraction of sp³-hybridized carbons (Fsp3) is 0.348. The van der Waals surface area contributed by atoms with Crippen LogP contribution in [0.25, 0.3) is 11.4 Å². The van der Waals surface area contributed by atoms with Crippen LogP contribution >= 0.6 is 0 Å². The van der Waals surface area contributed by atoms with Crippen molar-refractivity contribution in [1.82, 2.24) is 10.1 Å². The Balaban J connectivity index is 1.47. The summed E-state index contributed by atoms with van der Waals surface area (Å²) in [4.78, 5) is 21.4. The number of rotatable bonds is 6. The van der Waals surface area contributed by atoms with Gasteiger partial charge in [-0.3, -0.25) is 4.79 Å². The Hall–Kier alpha value is -3.42. The molecule has 1 saturated heterocycles. The van der Waals surface area contributed by atoms with E-state index in [9.17, 15) is 9.18 Å². The van der Waals surface area contributed by atoms with Gasteiger partial charge in [-0.2, -0.15) is 4.98 Å². The zero-order chi connectivity index (χ0) is 21.8. The molecule has 0 spiro atoms. The minimum Gasteiger partial charge on any atom is -0.497 e. The summed E-state index contributed by atoms with van der Waals surface area (Å²) in [6.07, 6.45) is 1.63. The van der Waals surface area contributed by atoms with Crippen molar-refractivity contribution in [3.63, 3.8) is 0 Å². The number of hydrogen-bond donors (Lipinski definition) is 0. The first-order chi connectivity index (χ1) is 15.1. The van der Waals surface area contributed by atoms with Crippen molar-refractivity contribution in [2.75, 3.05) is 36.5 Å². The van der Waals surface area contributed by atoms with Gasteiger partial charge in [0.15, 0.2) is 0 Å². The second-order valence-corrected chi connectivity index (χ2v) is 7.47. The summed E-state index contributed by atoms with van der Waals surface area (Å²) in [6.45, 7) is 3.68. The number of anilines is 2. The Labute approximate surface area is 180 Å². The molecule has 1 fully saturated rings. The van der Waals surface area contributed by atoms with Crippen molar-refractivity contribution < 1.29 is 18.4 Å². The molecule has 1 atom stereocenters. The van der Waals surface area contributed by atoms with Crippen molar-refractivity contribution in [2.24, 2.45) is 5.92 Å². The van der Waals surface area contributed by atoms with Crippen LogP contribution in [0, 0.1) is 11.7 Å². The maximum absolute atomic E-state index is 13.3. The molecule has 1 aliphatic rings. The fourth-order valence-corrected chi connectivity index (χ4v) is 3.86. The molecule has 4 rings (SSSR count). The lowest BCUT2D eigenvalue weighted by Gasteiger charge is -2.33. The van der Waals surface area contributed by atoms with E-state index in [1.807, 2.05) is 36.1 Å². The average Bonchev–Trinajstić information content (AvgIpc) is 3.31. The quantitative estimate of drug-likeness (QED) is 0.592. The SMILES string of the molecule is CCN(C(=O)C1CCCN(c2nc(-c3ccc(OC)cc3)no2)C1)c1ccc(F)cc1. The zero-order valence-electron chi connectivity index (χ0n) is 17.6. The van der Waals surface area contributed by atoms with E-state index in [1.165, 1.54) is 12.1 Å². The number of aromatic nitrogens is 2. The largest absolute Gasteiger partial charge is 0.497 e. The van der Waals surface area contributed by atoms with Gasteiger partial charge in [-0.25, -0.2) is 4.39 Å². The van der Waals surface area contributed by atoms with Gasteiger partial charge in [0.25, 0.3) is 0 Å². The molecule has 0 bridgehead atoms. The molecule has 1 amide bonds. The third kappa shape index (κ3) is 4.52. The summed E-state index contributed by atoms with van der Waals surface area (Å²) < 4.78 is 23.9. The van der Waals surface area contributed by atoms with Crippen molar-refractivity contribution in [1.29, 1.82) is 0 Å². The second kappa shape index (κ2) is 9.16. The molecule has 7 nitrogen and oxygen atoms in total. The molecule has 8 heteroatoms. The van der Waals surface area contributed by atoms with E-state index in [4.69, 9.17) is 9.26 Å². The van der Waals surface area contributed by atoms with Crippen LogP contribution in [0.5, 0.6) is 5.75 Å². The normalized spacial score (nSPS) is 16.2. The maximum Gasteiger partial charge on any atom is 0.324 e. The molecular formula is C23H25FN4O3. The summed E-state index contributed by atoms with van der Waals surface area (Å²) in [6, 6.07) is 13.9. The van der Waals surface area contributed by atoms with Crippen LogP contribution in [0.3, 0.4) is 0 Å². The van der Waals surface area contributed by atoms with Gasteiger partial charge >= 0.3 is 6.01 Å². The Bertz CT molecular complexity index is 1020. The molecule has 1 aliphatic heterocycles. The number of nitrogens with zero attached hydrogens (tertiary/aromatic N) is 4. The van der Waals surface area contributed by atoms with Crippen molar-refractivity contribution in [3.05, 3.63) is 54.3 Å². The van der Waals surface area contributed by atoms with Crippen LogP contribution in [0.2, 0.25) is 0 Å². The van der Waals surface area contributed by atoms with Gasteiger partial charge in [0.1, 0.15) is 11.6 Å². The Morgan fingerprint density at radius 2 is 1.97 bits per heavy atom. The predicted octanol–water partition coefficient (Wildman–Crippen LogP) is 4.15. The third-order valence-corrected chi connectivity index (χ3v) is 5.53. The van der Waals surface area contributed by atoms with Gasteiger partial charge in [-0.1, -0.05) is 5.16 Å². The maximum atomic E-state index is 13.3. The number of benzene rings is 2. The molecule has 1 unspecified atom stereocenters. The van der Waals surface area contributed by atoms with Crippen LogP contribution in [0.4, 0.5) is 16.1 Å². The summed E-state index contributed by atoms with van der Waals surface area (Å²) in [5.41, 5.74) is 1.53. The molecule has 2 heterocycles. The van der Waals surface area contributed by atoms with E-state index >= 15 is 0 Å². The summed E-state index contributed by atoms with van der Waals surface area (Å²) in [7, 11) is 1.62. The minimum absolute atomic E-state index is 0.0219. The van der Waals surface area contributed by atoms with Gasteiger partial charge in [-0.15, -0.1) is 0 Å². The predicted molar refractivity (Wildman–Crippen MR) is 116 cm³/mol. The molecular weight excluding hydrogens is 399 g/mol. The summed E-state index contributed by atoms with van der Waals surface area (Å²) in [5.74, 6) is 0.753. The number of ether oxygens (including phenoxy) is 1. The van der Waals surface area contributed by atoms with Crippen LogP contribution in [-0.4, -0.2) is 42.8 Å². The van der Waals surface area contributed by atoms with E-state index < -0.39 is 0 Å². The fourth-order valence-electron chi connectivity index (χ4n) is 3.86. The zero-order valence-corrected chi connectivity index (χ0v) is 17.6. The number of carbonyl (C=O) groups is 1. The molecule has 0 saturated carbocycles. The molecule has 0 aliphatic carbocycles. The van der Waals surface area contributed by atoms with Crippen LogP contribution in [-0.2, 0) is 4.79 Å². The van der Waals surface area contributed by atoms with Crippen molar-refractivity contribution in [3.8, 4) is 17.1 Å². The molecule has 2 aromatic carbocycles. The first-order valence-corrected chi connectivity index (χ1v) is 10.4. The number of hydrogen-bond acceptors (Lipinski definition) is 6. The van der Waals surface area contributed by atoms with Crippen LogP contribution in [0.1, 0.15) is 19.8 Å². The number of carbonyl (C=O) groups excluding carboxylic acids is 1. The van der Waals surface area contributed by atoms with E-state index in [1.54, 1.807) is 24.1 Å². The lowest BCUT2D eigenvalue weighted by molar-refractivity contribution is -0.122. The third-order valence-electron chi connectivity index (χ3n) is 5.53. The first kappa shape index (κ1) is 20.8. The first-order valence-electron chi connectivity index (χ1n) is 10.4. The molecule has 0 N–H and O–H groups in total. The molecule has 3 aromatic rings. The van der Waals surface area contributed by atoms with Gasteiger partial charge < -0.3 is 19.1 Å². The van der Waals surface area contributed by atoms with Gasteiger partial charge in [-0.05, 0) is 68.3 Å². The number of halogens is 1. The lowest BCUT2D eigenvalue weighted by Crippen LogP contribution is -2.45. The monoisotopic (exact) mass is 424 g/mol. The minimum atomic E-state index is -0.319. The van der Waals surface area contributed by atoms with E-state index in [0.717, 1.165) is 30.7 Å². The van der Waals surface area contributed by atoms with E-state index in [-0.39, 0.29) is 17.6 Å². The molecule has 162 valence electrons. The summed E-state index contributed by atoms with van der Waals surface area (Å²) in [5, 5.41) is 4.09. The molecule has 31 heavy (non-hydrogen) atoms. The summed E-state index contributed by atoms with van der Waals surface area (Å²) >= 11 is 0. The van der Waals surface area contributed by atoms with Gasteiger partial charge in [0, 0.05) is 30.9 Å². The second-order valence-electron chi connectivity index (χ2n) is 7.47. The highest BCUT2D eigenvalue weighted by Crippen LogP contribution is 2.28.